The molecule has 2 heterocycles. The number of hydrogen-bond acceptors (Lipinski definition) is 2. The Labute approximate surface area is 118 Å². The molecule has 0 aliphatic carbocycles. The number of piperidine rings is 1. The molecule has 0 saturated carbocycles. The average molecular weight is 263 g/mol. The van der Waals surface area contributed by atoms with E-state index in [1.807, 2.05) is 17.9 Å². The summed E-state index contributed by atoms with van der Waals surface area (Å²) in [6.45, 7) is 9.67. The quantitative estimate of drug-likeness (QED) is 0.812. The first-order chi connectivity index (χ1) is 8.99. The molecule has 1 fully saturated rings. The van der Waals surface area contributed by atoms with Crippen molar-refractivity contribution in [3.8, 4) is 0 Å². The van der Waals surface area contributed by atoms with Crippen molar-refractivity contribution >= 4 is 0 Å². The van der Waals surface area contributed by atoms with Crippen LogP contribution in [0.25, 0.3) is 0 Å². The van der Waals surface area contributed by atoms with Gasteiger partial charge in [-0.05, 0) is 56.7 Å². The highest BCUT2D eigenvalue weighted by Crippen LogP contribution is 2.29. The van der Waals surface area contributed by atoms with Gasteiger partial charge in [0.15, 0.2) is 0 Å². The number of rotatable bonds is 5. The summed E-state index contributed by atoms with van der Waals surface area (Å²) >= 11 is 0. The molecule has 2 rings (SSSR count). The molecule has 1 aromatic heterocycles. The van der Waals surface area contributed by atoms with Gasteiger partial charge in [-0.3, -0.25) is 4.68 Å². The Morgan fingerprint density at radius 2 is 1.95 bits per heavy atom. The molecule has 3 nitrogen and oxygen atoms in total. The van der Waals surface area contributed by atoms with Gasteiger partial charge in [-0.2, -0.15) is 5.10 Å². The number of aryl methyl sites for hydroxylation is 1. The molecule has 1 saturated heterocycles. The highest BCUT2D eigenvalue weighted by Gasteiger charge is 2.24. The summed E-state index contributed by atoms with van der Waals surface area (Å²) in [5.41, 5.74) is 1.60. The van der Waals surface area contributed by atoms with Crippen LogP contribution in [0.3, 0.4) is 0 Å². The molecular formula is C16H29N3. The van der Waals surface area contributed by atoms with Crippen molar-refractivity contribution < 1.29 is 0 Å². The normalized spacial score (nSPS) is 19.6. The van der Waals surface area contributed by atoms with E-state index in [-0.39, 0.29) is 5.41 Å². The van der Waals surface area contributed by atoms with Gasteiger partial charge in [0, 0.05) is 19.3 Å². The second-order valence-electron chi connectivity index (χ2n) is 6.77. The van der Waals surface area contributed by atoms with Crippen LogP contribution in [-0.2, 0) is 12.5 Å². The predicted molar refractivity (Wildman–Crippen MR) is 80.4 cm³/mol. The molecule has 1 unspecified atom stereocenters. The van der Waals surface area contributed by atoms with Crippen molar-refractivity contribution in [3.63, 3.8) is 0 Å². The highest BCUT2D eigenvalue weighted by atomic mass is 15.2. The zero-order chi connectivity index (χ0) is 13.9. The third-order valence-electron chi connectivity index (χ3n) is 4.69. The standard InChI is InChI=1S/C16H29N3/c1-14(19-10-6-5-7-11-19)8-9-16(2,3)15-12-17-18(4)13-15/h12-14H,5-11H2,1-4H3. The van der Waals surface area contributed by atoms with Crippen molar-refractivity contribution in [2.75, 3.05) is 13.1 Å². The fourth-order valence-electron chi connectivity index (χ4n) is 3.03. The lowest BCUT2D eigenvalue weighted by Crippen LogP contribution is -2.38. The van der Waals surface area contributed by atoms with E-state index in [1.165, 1.54) is 50.8 Å². The van der Waals surface area contributed by atoms with E-state index in [9.17, 15) is 0 Å². The third-order valence-corrected chi connectivity index (χ3v) is 4.69. The Morgan fingerprint density at radius 3 is 2.53 bits per heavy atom. The van der Waals surface area contributed by atoms with Crippen LogP contribution >= 0.6 is 0 Å². The monoisotopic (exact) mass is 263 g/mol. The zero-order valence-corrected chi connectivity index (χ0v) is 13.0. The SMILES string of the molecule is CC(CCC(C)(C)c1cnn(C)c1)N1CCCCC1. The Hall–Kier alpha value is -0.830. The molecule has 0 spiro atoms. The minimum absolute atomic E-state index is 0.234. The third kappa shape index (κ3) is 3.82. The summed E-state index contributed by atoms with van der Waals surface area (Å²) in [5.74, 6) is 0. The second-order valence-corrected chi connectivity index (χ2v) is 6.77. The van der Waals surface area contributed by atoms with Crippen molar-refractivity contribution in [1.82, 2.24) is 14.7 Å². The van der Waals surface area contributed by atoms with E-state index in [4.69, 9.17) is 0 Å². The molecule has 1 aromatic rings. The van der Waals surface area contributed by atoms with Crippen LogP contribution in [0.1, 0.15) is 58.4 Å². The van der Waals surface area contributed by atoms with Crippen molar-refractivity contribution in [2.45, 2.75) is 64.3 Å². The lowest BCUT2D eigenvalue weighted by molar-refractivity contribution is 0.159. The Bertz CT molecular complexity index is 388. The van der Waals surface area contributed by atoms with Crippen LogP contribution in [0.2, 0.25) is 0 Å². The summed E-state index contributed by atoms with van der Waals surface area (Å²) < 4.78 is 1.91. The number of likely N-dealkylation sites (tertiary alicyclic amines) is 1. The molecule has 108 valence electrons. The maximum Gasteiger partial charge on any atom is 0.0527 e. The van der Waals surface area contributed by atoms with Gasteiger partial charge in [-0.25, -0.2) is 0 Å². The summed E-state index contributed by atoms with van der Waals surface area (Å²) in [6.07, 6.45) is 10.9. The van der Waals surface area contributed by atoms with E-state index in [2.05, 4.69) is 37.0 Å². The Morgan fingerprint density at radius 1 is 1.26 bits per heavy atom. The average Bonchev–Trinajstić information content (AvgIpc) is 2.85. The molecule has 0 aromatic carbocycles. The van der Waals surface area contributed by atoms with Crippen LogP contribution in [0.15, 0.2) is 12.4 Å². The summed E-state index contributed by atoms with van der Waals surface area (Å²) in [5, 5.41) is 4.31. The minimum atomic E-state index is 0.234. The van der Waals surface area contributed by atoms with Crippen molar-refractivity contribution in [2.24, 2.45) is 7.05 Å². The maximum absolute atomic E-state index is 4.31. The second kappa shape index (κ2) is 6.08. The van der Waals surface area contributed by atoms with Crippen molar-refractivity contribution in [1.29, 1.82) is 0 Å². The van der Waals surface area contributed by atoms with Crippen LogP contribution in [0, 0.1) is 0 Å². The molecule has 0 N–H and O–H groups in total. The van der Waals surface area contributed by atoms with Crippen LogP contribution in [0.4, 0.5) is 0 Å². The summed E-state index contributed by atoms with van der Waals surface area (Å²) in [7, 11) is 2.00. The number of hydrogen-bond donors (Lipinski definition) is 0. The van der Waals surface area contributed by atoms with E-state index >= 15 is 0 Å². The maximum atomic E-state index is 4.31. The van der Waals surface area contributed by atoms with Gasteiger partial charge in [0.2, 0.25) is 0 Å². The lowest BCUT2D eigenvalue weighted by atomic mass is 9.81. The fraction of sp³-hybridized carbons (Fsp3) is 0.812. The minimum Gasteiger partial charge on any atom is -0.301 e. The molecule has 3 heteroatoms. The van der Waals surface area contributed by atoms with Gasteiger partial charge in [0.25, 0.3) is 0 Å². The molecule has 19 heavy (non-hydrogen) atoms. The summed E-state index contributed by atoms with van der Waals surface area (Å²) in [6, 6.07) is 0.719. The van der Waals surface area contributed by atoms with Gasteiger partial charge < -0.3 is 4.90 Å². The van der Waals surface area contributed by atoms with Gasteiger partial charge in [0.1, 0.15) is 0 Å². The van der Waals surface area contributed by atoms with E-state index in [0.717, 1.165) is 6.04 Å². The van der Waals surface area contributed by atoms with Gasteiger partial charge in [-0.15, -0.1) is 0 Å². The highest BCUT2D eigenvalue weighted by molar-refractivity contribution is 5.16. The predicted octanol–water partition coefficient (Wildman–Crippen LogP) is 3.35. The Balaban J connectivity index is 1.86. The molecule has 1 aliphatic rings. The molecule has 1 atom stereocenters. The fourth-order valence-corrected chi connectivity index (χ4v) is 3.03. The summed E-state index contributed by atoms with van der Waals surface area (Å²) in [4.78, 5) is 2.67. The van der Waals surface area contributed by atoms with Gasteiger partial charge >= 0.3 is 0 Å². The van der Waals surface area contributed by atoms with E-state index in [0.29, 0.717) is 0 Å². The van der Waals surface area contributed by atoms with Crippen LogP contribution < -0.4 is 0 Å². The van der Waals surface area contributed by atoms with Gasteiger partial charge in [-0.1, -0.05) is 20.3 Å². The molecule has 1 aliphatic heterocycles. The van der Waals surface area contributed by atoms with Gasteiger partial charge in [0.05, 0.1) is 6.20 Å². The molecule has 0 bridgehead atoms. The van der Waals surface area contributed by atoms with E-state index < -0.39 is 0 Å². The number of aromatic nitrogens is 2. The van der Waals surface area contributed by atoms with Crippen LogP contribution in [-0.4, -0.2) is 33.8 Å². The molecule has 0 amide bonds. The first-order valence-corrected chi connectivity index (χ1v) is 7.72. The van der Waals surface area contributed by atoms with E-state index in [1.54, 1.807) is 0 Å². The zero-order valence-electron chi connectivity index (χ0n) is 13.0. The lowest BCUT2D eigenvalue weighted by Gasteiger charge is -2.34. The van der Waals surface area contributed by atoms with Crippen LogP contribution in [0.5, 0.6) is 0 Å². The topological polar surface area (TPSA) is 21.1 Å². The largest absolute Gasteiger partial charge is 0.301 e. The molecule has 0 radical (unpaired) electrons. The smallest absolute Gasteiger partial charge is 0.0527 e. The van der Waals surface area contributed by atoms with Crippen molar-refractivity contribution in [3.05, 3.63) is 18.0 Å². The first-order valence-electron chi connectivity index (χ1n) is 7.72. The Kier molecular flexibility index (Phi) is 4.67. The molecular weight excluding hydrogens is 234 g/mol. The number of nitrogens with zero attached hydrogens (tertiary/aromatic N) is 3. The first kappa shape index (κ1) is 14.6.